The van der Waals surface area contributed by atoms with Gasteiger partial charge in [-0.25, -0.2) is 4.79 Å². The predicted molar refractivity (Wildman–Crippen MR) is 59.2 cm³/mol. The van der Waals surface area contributed by atoms with Gasteiger partial charge in [0.15, 0.2) is 6.10 Å². The summed E-state index contributed by atoms with van der Waals surface area (Å²) < 4.78 is 9.82. The van der Waals surface area contributed by atoms with Crippen LogP contribution in [0.2, 0.25) is 0 Å². The second kappa shape index (κ2) is 6.12. The first-order chi connectivity index (χ1) is 7.69. The molecule has 1 rings (SSSR count). The van der Waals surface area contributed by atoms with Crippen LogP contribution >= 0.6 is 0 Å². The van der Waals surface area contributed by atoms with Gasteiger partial charge in [-0.3, -0.25) is 0 Å². The van der Waals surface area contributed by atoms with Gasteiger partial charge in [-0.15, -0.1) is 0 Å². The average molecular weight is 224 g/mol. The Hall–Kier alpha value is -1.55. The number of benzene rings is 1. The van der Waals surface area contributed by atoms with Gasteiger partial charge in [-0.1, -0.05) is 19.1 Å². The fourth-order valence-electron chi connectivity index (χ4n) is 1.21. The number of carbonyl (C=O) groups is 1. The highest BCUT2D eigenvalue weighted by Gasteiger charge is 2.17. The zero-order valence-corrected chi connectivity index (χ0v) is 9.47. The lowest BCUT2D eigenvalue weighted by molar-refractivity contribution is -0.150. The van der Waals surface area contributed by atoms with Crippen LogP contribution in [0.5, 0.6) is 5.75 Å². The van der Waals surface area contributed by atoms with Crippen LogP contribution in [0.4, 0.5) is 0 Å². The number of hydrogen-bond donors (Lipinski definition) is 1. The van der Waals surface area contributed by atoms with Crippen LogP contribution in [0.15, 0.2) is 24.3 Å². The maximum Gasteiger partial charge on any atom is 0.339 e. The molecule has 88 valence electrons. The number of ether oxygens (including phenoxy) is 2. The number of aliphatic hydroxyl groups excluding tert-OH is 1. The molecule has 0 saturated heterocycles. The maximum absolute atomic E-state index is 11.1. The molecule has 4 heteroatoms. The number of esters is 1. The highest BCUT2D eigenvalue weighted by Crippen LogP contribution is 2.18. The molecule has 0 fully saturated rings. The Kier molecular flexibility index (Phi) is 4.79. The third-order valence-electron chi connectivity index (χ3n) is 2.09. The zero-order chi connectivity index (χ0) is 12.0. The Morgan fingerprint density at radius 1 is 1.38 bits per heavy atom. The molecule has 0 bridgehead atoms. The van der Waals surface area contributed by atoms with Gasteiger partial charge >= 0.3 is 5.97 Å². The predicted octanol–water partition coefficient (Wildman–Crippen LogP) is 1.68. The minimum Gasteiger partial charge on any atom is -0.494 e. The average Bonchev–Trinajstić information content (AvgIpc) is 2.35. The Balaban J connectivity index is 2.67. The molecule has 0 spiro atoms. The third kappa shape index (κ3) is 3.24. The minimum atomic E-state index is -1.23. The monoisotopic (exact) mass is 224 g/mol. The quantitative estimate of drug-likeness (QED) is 0.773. The zero-order valence-electron chi connectivity index (χ0n) is 9.47. The number of rotatable bonds is 5. The van der Waals surface area contributed by atoms with E-state index in [1.165, 1.54) is 7.11 Å². The Bertz CT molecular complexity index is 331. The minimum absolute atomic E-state index is 0.496. The Morgan fingerprint density at radius 3 is 2.50 bits per heavy atom. The van der Waals surface area contributed by atoms with E-state index in [9.17, 15) is 9.90 Å². The van der Waals surface area contributed by atoms with Gasteiger partial charge in [0.25, 0.3) is 0 Å². The van der Waals surface area contributed by atoms with Crippen LogP contribution < -0.4 is 4.74 Å². The lowest BCUT2D eigenvalue weighted by Crippen LogP contribution is -2.13. The van der Waals surface area contributed by atoms with Gasteiger partial charge < -0.3 is 14.6 Å². The fraction of sp³-hybridized carbons (Fsp3) is 0.417. The molecule has 0 aliphatic carbocycles. The first kappa shape index (κ1) is 12.5. The summed E-state index contributed by atoms with van der Waals surface area (Å²) in [5.74, 6) is 0.0601. The number of carbonyl (C=O) groups excluding carboxylic acids is 1. The van der Waals surface area contributed by atoms with Crippen molar-refractivity contribution in [3.05, 3.63) is 29.8 Å². The van der Waals surface area contributed by atoms with Gasteiger partial charge in [0, 0.05) is 0 Å². The standard InChI is InChI=1S/C12H16O4/c1-3-8-16-10-6-4-9(5-7-10)11(13)12(14)15-2/h4-7,11,13H,3,8H2,1-2H3. The van der Waals surface area contributed by atoms with Crippen molar-refractivity contribution in [3.63, 3.8) is 0 Å². The summed E-state index contributed by atoms with van der Waals surface area (Å²) in [6, 6.07) is 6.73. The second-order valence-corrected chi connectivity index (χ2v) is 3.34. The normalized spacial score (nSPS) is 11.9. The molecule has 1 N–H and O–H groups in total. The van der Waals surface area contributed by atoms with E-state index in [0.717, 1.165) is 12.2 Å². The van der Waals surface area contributed by atoms with Crippen molar-refractivity contribution in [2.75, 3.05) is 13.7 Å². The summed E-state index contributed by atoms with van der Waals surface area (Å²) in [5, 5.41) is 9.54. The Morgan fingerprint density at radius 2 is 2.00 bits per heavy atom. The van der Waals surface area contributed by atoms with E-state index >= 15 is 0 Å². The fourth-order valence-corrected chi connectivity index (χ4v) is 1.21. The SMILES string of the molecule is CCCOc1ccc(C(O)C(=O)OC)cc1. The van der Waals surface area contributed by atoms with Crippen LogP contribution in [-0.2, 0) is 9.53 Å². The summed E-state index contributed by atoms with van der Waals surface area (Å²) in [4.78, 5) is 11.1. The molecule has 0 radical (unpaired) electrons. The van der Waals surface area contributed by atoms with Crippen molar-refractivity contribution >= 4 is 5.97 Å². The molecular formula is C12H16O4. The smallest absolute Gasteiger partial charge is 0.339 e. The van der Waals surface area contributed by atoms with E-state index < -0.39 is 12.1 Å². The topological polar surface area (TPSA) is 55.8 Å². The number of aliphatic hydroxyl groups is 1. The first-order valence-electron chi connectivity index (χ1n) is 5.17. The highest BCUT2D eigenvalue weighted by molar-refractivity contribution is 5.76. The van der Waals surface area contributed by atoms with E-state index in [4.69, 9.17) is 4.74 Å². The van der Waals surface area contributed by atoms with Crippen molar-refractivity contribution in [2.45, 2.75) is 19.4 Å². The summed E-state index contributed by atoms with van der Waals surface area (Å²) >= 11 is 0. The molecule has 1 aromatic carbocycles. The van der Waals surface area contributed by atoms with E-state index in [1.54, 1.807) is 24.3 Å². The van der Waals surface area contributed by atoms with E-state index in [-0.39, 0.29) is 0 Å². The first-order valence-corrected chi connectivity index (χ1v) is 5.17. The number of methoxy groups -OCH3 is 1. The molecule has 0 saturated carbocycles. The van der Waals surface area contributed by atoms with Gasteiger partial charge in [0.1, 0.15) is 5.75 Å². The molecule has 0 aliphatic rings. The second-order valence-electron chi connectivity index (χ2n) is 3.34. The van der Waals surface area contributed by atoms with Crippen LogP contribution in [0.25, 0.3) is 0 Å². The summed E-state index contributed by atoms with van der Waals surface area (Å²) in [7, 11) is 1.24. The van der Waals surface area contributed by atoms with Crippen molar-refractivity contribution < 1.29 is 19.4 Å². The van der Waals surface area contributed by atoms with Crippen LogP contribution in [-0.4, -0.2) is 24.8 Å². The highest BCUT2D eigenvalue weighted by atomic mass is 16.5. The lowest BCUT2D eigenvalue weighted by Gasteiger charge is -2.09. The van der Waals surface area contributed by atoms with E-state index in [1.807, 2.05) is 6.92 Å². The van der Waals surface area contributed by atoms with Crippen molar-refractivity contribution in [1.82, 2.24) is 0 Å². The molecule has 4 nitrogen and oxygen atoms in total. The molecular weight excluding hydrogens is 208 g/mol. The van der Waals surface area contributed by atoms with Crippen LogP contribution in [0, 0.1) is 0 Å². The Labute approximate surface area is 94.8 Å². The van der Waals surface area contributed by atoms with Gasteiger partial charge in [0.05, 0.1) is 13.7 Å². The largest absolute Gasteiger partial charge is 0.494 e. The van der Waals surface area contributed by atoms with Crippen molar-refractivity contribution in [3.8, 4) is 5.75 Å². The van der Waals surface area contributed by atoms with Gasteiger partial charge in [0.2, 0.25) is 0 Å². The molecule has 1 atom stereocenters. The molecule has 1 unspecified atom stereocenters. The summed E-state index contributed by atoms with van der Waals surface area (Å²) in [6.07, 6.45) is -0.294. The van der Waals surface area contributed by atoms with E-state index in [0.29, 0.717) is 12.2 Å². The van der Waals surface area contributed by atoms with Crippen molar-refractivity contribution in [1.29, 1.82) is 0 Å². The van der Waals surface area contributed by atoms with Crippen LogP contribution in [0.3, 0.4) is 0 Å². The summed E-state index contributed by atoms with van der Waals surface area (Å²) in [6.45, 7) is 2.67. The molecule has 0 aromatic heterocycles. The third-order valence-corrected chi connectivity index (χ3v) is 2.09. The molecule has 0 amide bonds. The molecule has 16 heavy (non-hydrogen) atoms. The van der Waals surface area contributed by atoms with E-state index in [2.05, 4.69) is 4.74 Å². The lowest BCUT2D eigenvalue weighted by atomic mass is 10.1. The maximum atomic E-state index is 11.1. The van der Waals surface area contributed by atoms with Gasteiger partial charge in [-0.2, -0.15) is 0 Å². The van der Waals surface area contributed by atoms with Crippen molar-refractivity contribution in [2.24, 2.45) is 0 Å². The molecule has 0 aliphatic heterocycles. The summed E-state index contributed by atoms with van der Waals surface area (Å²) in [5.41, 5.74) is 0.496. The van der Waals surface area contributed by atoms with Crippen LogP contribution in [0.1, 0.15) is 25.0 Å². The number of hydrogen-bond acceptors (Lipinski definition) is 4. The van der Waals surface area contributed by atoms with Gasteiger partial charge in [-0.05, 0) is 24.1 Å². The molecule has 0 heterocycles. The molecule has 1 aromatic rings.